The molecule has 0 fully saturated rings. The second kappa shape index (κ2) is 5.19. The van der Waals surface area contributed by atoms with E-state index in [9.17, 15) is 4.39 Å². The Labute approximate surface area is 104 Å². The van der Waals surface area contributed by atoms with Crippen LogP contribution in [0, 0.1) is 12.7 Å². The zero-order valence-corrected chi connectivity index (χ0v) is 10.2. The molecule has 90 valence electrons. The quantitative estimate of drug-likeness (QED) is 0.908. The summed E-state index contributed by atoms with van der Waals surface area (Å²) in [6, 6.07) is 6.27. The van der Waals surface area contributed by atoms with E-state index in [1.165, 1.54) is 12.1 Å². The van der Waals surface area contributed by atoms with E-state index in [1.807, 2.05) is 6.92 Å². The maximum absolute atomic E-state index is 12.7. The molecule has 1 N–H and O–H groups in total. The van der Waals surface area contributed by atoms with Gasteiger partial charge < -0.3 is 5.32 Å². The van der Waals surface area contributed by atoms with E-state index in [0.717, 1.165) is 11.4 Å². The Morgan fingerprint density at radius 3 is 2.65 bits per heavy atom. The average Bonchev–Trinajstić information content (AvgIpc) is 2.61. The molecule has 0 spiro atoms. The molecule has 17 heavy (non-hydrogen) atoms. The first-order valence-electron chi connectivity index (χ1n) is 5.34. The molecule has 0 aliphatic carbocycles. The van der Waals surface area contributed by atoms with Gasteiger partial charge in [-0.2, -0.15) is 5.10 Å². The minimum Gasteiger partial charge on any atom is -0.383 e. The number of aromatic nitrogens is 2. The highest BCUT2D eigenvalue weighted by Crippen LogP contribution is 2.12. The first kappa shape index (κ1) is 11.9. The second-order valence-corrected chi connectivity index (χ2v) is 4.17. The van der Waals surface area contributed by atoms with Gasteiger partial charge in [0, 0.05) is 18.4 Å². The minimum absolute atomic E-state index is 0.231. The van der Waals surface area contributed by atoms with Crippen LogP contribution in [-0.2, 0) is 6.54 Å². The Morgan fingerprint density at radius 1 is 1.35 bits per heavy atom. The van der Waals surface area contributed by atoms with Crippen LogP contribution < -0.4 is 5.32 Å². The molecule has 0 unspecified atom stereocenters. The molecule has 1 aromatic carbocycles. The Balaban J connectivity index is 1.85. The van der Waals surface area contributed by atoms with Crippen molar-refractivity contribution >= 4 is 17.3 Å². The number of rotatable bonds is 4. The monoisotopic (exact) mass is 253 g/mol. The first-order valence-corrected chi connectivity index (χ1v) is 5.72. The summed E-state index contributed by atoms with van der Waals surface area (Å²) < 4.78 is 14.5. The van der Waals surface area contributed by atoms with E-state index in [2.05, 4.69) is 10.4 Å². The Morgan fingerprint density at radius 2 is 2.06 bits per heavy atom. The average molecular weight is 254 g/mol. The molecule has 0 saturated heterocycles. The minimum atomic E-state index is -0.231. The zero-order valence-electron chi connectivity index (χ0n) is 9.45. The highest BCUT2D eigenvalue weighted by atomic mass is 35.5. The first-order chi connectivity index (χ1) is 8.15. The number of aryl methyl sites for hydroxylation is 1. The van der Waals surface area contributed by atoms with Gasteiger partial charge in [0.05, 0.1) is 17.3 Å². The summed E-state index contributed by atoms with van der Waals surface area (Å²) in [4.78, 5) is 0. The lowest BCUT2D eigenvalue weighted by molar-refractivity contribution is 0.626. The maximum atomic E-state index is 12.7. The number of halogens is 2. The van der Waals surface area contributed by atoms with Crippen molar-refractivity contribution in [2.75, 3.05) is 11.9 Å². The third-order valence-electron chi connectivity index (χ3n) is 2.40. The number of hydrogen-bond acceptors (Lipinski definition) is 2. The molecule has 0 aliphatic rings. The van der Waals surface area contributed by atoms with Gasteiger partial charge in [-0.1, -0.05) is 11.6 Å². The van der Waals surface area contributed by atoms with Crippen molar-refractivity contribution in [3.63, 3.8) is 0 Å². The Hall–Kier alpha value is -1.55. The largest absolute Gasteiger partial charge is 0.383 e. The van der Waals surface area contributed by atoms with Crippen molar-refractivity contribution in [3.05, 3.63) is 47.0 Å². The molecule has 0 saturated carbocycles. The molecule has 0 amide bonds. The number of hydrogen-bond donors (Lipinski definition) is 1. The van der Waals surface area contributed by atoms with E-state index in [-0.39, 0.29) is 5.82 Å². The molecular formula is C12H13ClFN3. The molecule has 1 aromatic heterocycles. The van der Waals surface area contributed by atoms with E-state index < -0.39 is 0 Å². The topological polar surface area (TPSA) is 29.9 Å². The molecule has 0 radical (unpaired) electrons. The van der Waals surface area contributed by atoms with Crippen molar-refractivity contribution in [1.29, 1.82) is 0 Å². The third kappa shape index (κ3) is 3.20. The molecule has 1 heterocycles. The van der Waals surface area contributed by atoms with Crippen LogP contribution in [0.2, 0.25) is 5.02 Å². The molecule has 0 atom stereocenters. The highest BCUT2D eigenvalue weighted by molar-refractivity contribution is 6.31. The third-order valence-corrected chi connectivity index (χ3v) is 2.77. The fourth-order valence-corrected chi connectivity index (χ4v) is 1.64. The summed E-state index contributed by atoms with van der Waals surface area (Å²) in [7, 11) is 0. The smallest absolute Gasteiger partial charge is 0.123 e. The summed E-state index contributed by atoms with van der Waals surface area (Å²) in [5.41, 5.74) is 1.72. The number of anilines is 1. The Bertz CT molecular complexity index is 473. The molecule has 5 heteroatoms. The molecule has 3 nitrogen and oxygen atoms in total. The summed E-state index contributed by atoms with van der Waals surface area (Å²) in [5.74, 6) is -0.231. The van der Waals surface area contributed by atoms with Crippen LogP contribution >= 0.6 is 11.6 Å². The summed E-state index contributed by atoms with van der Waals surface area (Å²) in [5, 5.41) is 8.09. The van der Waals surface area contributed by atoms with Crippen molar-refractivity contribution in [1.82, 2.24) is 9.78 Å². The maximum Gasteiger partial charge on any atom is 0.123 e. The molecule has 0 aliphatic heterocycles. The number of nitrogens with one attached hydrogen (secondary N) is 1. The van der Waals surface area contributed by atoms with Crippen molar-refractivity contribution < 1.29 is 4.39 Å². The molecular weight excluding hydrogens is 241 g/mol. The highest BCUT2D eigenvalue weighted by Gasteiger charge is 2.01. The van der Waals surface area contributed by atoms with E-state index in [4.69, 9.17) is 11.6 Å². The lowest BCUT2D eigenvalue weighted by Gasteiger charge is -2.06. The summed E-state index contributed by atoms with van der Waals surface area (Å²) in [6.07, 6.45) is 1.79. The van der Waals surface area contributed by atoms with Gasteiger partial charge in [-0.05, 0) is 31.2 Å². The van der Waals surface area contributed by atoms with Crippen LogP contribution in [0.4, 0.5) is 10.1 Å². The van der Waals surface area contributed by atoms with Gasteiger partial charge in [0.2, 0.25) is 0 Å². The van der Waals surface area contributed by atoms with Crippen LogP contribution in [-0.4, -0.2) is 16.3 Å². The SMILES string of the molecule is Cc1nn(CCNc2ccc(F)cc2)cc1Cl. The van der Waals surface area contributed by atoms with E-state index in [0.29, 0.717) is 18.1 Å². The van der Waals surface area contributed by atoms with Crippen LogP contribution in [0.1, 0.15) is 5.69 Å². The number of nitrogens with zero attached hydrogens (tertiary/aromatic N) is 2. The molecule has 0 bridgehead atoms. The van der Waals surface area contributed by atoms with Gasteiger partial charge in [-0.15, -0.1) is 0 Å². The summed E-state index contributed by atoms with van der Waals surface area (Å²) in [6.45, 7) is 3.29. The van der Waals surface area contributed by atoms with Gasteiger partial charge in [-0.3, -0.25) is 4.68 Å². The molecule has 2 rings (SSSR count). The van der Waals surface area contributed by atoms with Crippen molar-refractivity contribution in [3.8, 4) is 0 Å². The van der Waals surface area contributed by atoms with E-state index in [1.54, 1.807) is 23.0 Å². The van der Waals surface area contributed by atoms with Gasteiger partial charge >= 0.3 is 0 Å². The molecule has 2 aromatic rings. The lowest BCUT2D eigenvalue weighted by Crippen LogP contribution is -2.10. The van der Waals surface area contributed by atoms with Crippen molar-refractivity contribution in [2.24, 2.45) is 0 Å². The van der Waals surface area contributed by atoms with E-state index >= 15 is 0 Å². The number of benzene rings is 1. The fourth-order valence-electron chi connectivity index (χ4n) is 1.49. The normalized spacial score (nSPS) is 10.5. The van der Waals surface area contributed by atoms with Gasteiger partial charge in [0.15, 0.2) is 0 Å². The standard InChI is InChI=1S/C12H13ClFN3/c1-9-12(13)8-17(16-9)7-6-15-11-4-2-10(14)3-5-11/h2-5,8,15H,6-7H2,1H3. The predicted octanol–water partition coefficient (Wildman–Crippen LogP) is 3.10. The van der Waals surface area contributed by atoms with Gasteiger partial charge in [0.25, 0.3) is 0 Å². The van der Waals surface area contributed by atoms with Crippen LogP contribution in [0.15, 0.2) is 30.5 Å². The van der Waals surface area contributed by atoms with Crippen LogP contribution in [0.25, 0.3) is 0 Å². The van der Waals surface area contributed by atoms with Crippen molar-refractivity contribution in [2.45, 2.75) is 13.5 Å². The van der Waals surface area contributed by atoms with Crippen LogP contribution in [0.5, 0.6) is 0 Å². The summed E-state index contributed by atoms with van der Waals surface area (Å²) >= 11 is 5.90. The predicted molar refractivity (Wildman–Crippen MR) is 66.9 cm³/mol. The van der Waals surface area contributed by atoms with Gasteiger partial charge in [-0.25, -0.2) is 4.39 Å². The zero-order chi connectivity index (χ0) is 12.3. The van der Waals surface area contributed by atoms with Gasteiger partial charge in [0.1, 0.15) is 5.82 Å². The fraction of sp³-hybridized carbons (Fsp3) is 0.250. The Kier molecular flexibility index (Phi) is 3.64. The second-order valence-electron chi connectivity index (χ2n) is 3.76. The lowest BCUT2D eigenvalue weighted by atomic mass is 10.3. The van der Waals surface area contributed by atoms with Crippen LogP contribution in [0.3, 0.4) is 0 Å².